The van der Waals surface area contributed by atoms with Crippen LogP contribution >= 0.6 is 15.9 Å². The SMILES string of the molecule is CC(C)n1c(-c2ccc(N)c(Br)c2)nc2ccccc21. The third-order valence-corrected chi connectivity index (χ3v) is 4.06. The number of rotatable bonds is 2. The first kappa shape index (κ1) is 13.2. The van der Waals surface area contributed by atoms with Gasteiger partial charge in [0.2, 0.25) is 0 Å². The summed E-state index contributed by atoms with van der Waals surface area (Å²) < 4.78 is 3.16. The van der Waals surface area contributed by atoms with Crippen LogP contribution in [0.25, 0.3) is 22.4 Å². The Kier molecular flexibility index (Phi) is 3.26. The van der Waals surface area contributed by atoms with Gasteiger partial charge < -0.3 is 10.3 Å². The molecule has 2 N–H and O–H groups in total. The molecule has 20 heavy (non-hydrogen) atoms. The summed E-state index contributed by atoms with van der Waals surface area (Å²) in [6.45, 7) is 4.34. The Hall–Kier alpha value is -1.81. The van der Waals surface area contributed by atoms with Crippen molar-refractivity contribution in [3.63, 3.8) is 0 Å². The van der Waals surface area contributed by atoms with E-state index in [0.717, 1.165) is 32.6 Å². The van der Waals surface area contributed by atoms with Crippen molar-refractivity contribution in [1.29, 1.82) is 0 Å². The lowest BCUT2D eigenvalue weighted by atomic mass is 10.2. The first-order chi connectivity index (χ1) is 9.58. The molecule has 0 spiro atoms. The van der Waals surface area contributed by atoms with Crippen LogP contribution in [0.5, 0.6) is 0 Å². The maximum atomic E-state index is 5.87. The highest BCUT2D eigenvalue weighted by Crippen LogP contribution is 2.31. The molecule has 3 nitrogen and oxygen atoms in total. The molecule has 0 aliphatic heterocycles. The first-order valence-corrected chi connectivity index (χ1v) is 7.39. The zero-order valence-corrected chi connectivity index (χ0v) is 13.1. The Labute approximate surface area is 126 Å². The first-order valence-electron chi connectivity index (χ1n) is 6.60. The van der Waals surface area contributed by atoms with Crippen LogP contribution in [0.1, 0.15) is 19.9 Å². The molecule has 0 radical (unpaired) electrons. The highest BCUT2D eigenvalue weighted by atomic mass is 79.9. The standard InChI is InChI=1S/C16H16BrN3/c1-10(2)20-15-6-4-3-5-14(15)19-16(20)11-7-8-13(18)12(17)9-11/h3-10H,18H2,1-2H3. The number of imidazole rings is 1. The fraction of sp³-hybridized carbons (Fsp3) is 0.188. The zero-order chi connectivity index (χ0) is 14.3. The number of benzene rings is 2. The summed E-state index contributed by atoms with van der Waals surface area (Å²) in [4.78, 5) is 4.78. The van der Waals surface area contributed by atoms with Crippen molar-refractivity contribution in [2.45, 2.75) is 19.9 Å². The van der Waals surface area contributed by atoms with Gasteiger partial charge in [-0.15, -0.1) is 0 Å². The summed E-state index contributed by atoms with van der Waals surface area (Å²) in [5, 5.41) is 0. The maximum Gasteiger partial charge on any atom is 0.141 e. The van der Waals surface area contributed by atoms with E-state index in [9.17, 15) is 0 Å². The normalized spacial score (nSPS) is 11.4. The van der Waals surface area contributed by atoms with Crippen molar-refractivity contribution in [3.8, 4) is 11.4 Å². The second kappa shape index (κ2) is 4.94. The van der Waals surface area contributed by atoms with Gasteiger partial charge in [0.1, 0.15) is 5.82 Å². The molecule has 3 rings (SSSR count). The van der Waals surface area contributed by atoms with Gasteiger partial charge in [0.05, 0.1) is 11.0 Å². The van der Waals surface area contributed by atoms with E-state index in [1.807, 2.05) is 36.4 Å². The van der Waals surface area contributed by atoms with Gasteiger partial charge in [0.15, 0.2) is 0 Å². The molecule has 0 aliphatic carbocycles. The summed E-state index contributed by atoms with van der Waals surface area (Å²) in [5.41, 5.74) is 9.84. The Bertz CT molecular complexity index is 774. The molecule has 0 saturated heterocycles. The van der Waals surface area contributed by atoms with E-state index in [-0.39, 0.29) is 0 Å². The number of para-hydroxylation sites is 2. The minimum atomic E-state index is 0.341. The lowest BCUT2D eigenvalue weighted by Gasteiger charge is -2.13. The molecule has 0 fully saturated rings. The van der Waals surface area contributed by atoms with E-state index in [1.54, 1.807) is 0 Å². The molecule has 0 aliphatic rings. The Morgan fingerprint density at radius 3 is 2.60 bits per heavy atom. The summed E-state index contributed by atoms with van der Waals surface area (Å²) in [6, 6.07) is 14.5. The molecule has 2 aromatic carbocycles. The summed E-state index contributed by atoms with van der Waals surface area (Å²) >= 11 is 3.49. The average Bonchev–Trinajstić information content (AvgIpc) is 2.81. The van der Waals surface area contributed by atoms with E-state index >= 15 is 0 Å². The van der Waals surface area contributed by atoms with Gasteiger partial charge in [0, 0.05) is 21.8 Å². The lowest BCUT2D eigenvalue weighted by Crippen LogP contribution is -2.03. The fourth-order valence-electron chi connectivity index (χ4n) is 2.44. The Morgan fingerprint density at radius 2 is 1.90 bits per heavy atom. The number of halogens is 1. The van der Waals surface area contributed by atoms with E-state index in [2.05, 4.69) is 40.4 Å². The molecule has 0 atom stereocenters. The number of nitrogen functional groups attached to an aromatic ring is 1. The van der Waals surface area contributed by atoms with Crippen LogP contribution in [-0.2, 0) is 0 Å². The summed E-state index contributed by atoms with van der Waals surface area (Å²) in [7, 11) is 0. The van der Waals surface area contributed by atoms with Crippen molar-refractivity contribution in [3.05, 3.63) is 46.9 Å². The van der Waals surface area contributed by atoms with Gasteiger partial charge >= 0.3 is 0 Å². The predicted octanol–water partition coefficient (Wildman–Crippen LogP) is 4.63. The molecule has 1 heterocycles. The number of nitrogens with zero attached hydrogens (tertiary/aromatic N) is 2. The van der Waals surface area contributed by atoms with Crippen LogP contribution in [0.15, 0.2) is 46.9 Å². The smallest absolute Gasteiger partial charge is 0.141 e. The molecular formula is C16H16BrN3. The van der Waals surface area contributed by atoms with Crippen LogP contribution in [0.4, 0.5) is 5.69 Å². The second-order valence-corrected chi connectivity index (χ2v) is 5.98. The number of nitrogens with two attached hydrogens (primary N) is 1. The van der Waals surface area contributed by atoms with Crippen LogP contribution in [0.3, 0.4) is 0 Å². The second-order valence-electron chi connectivity index (χ2n) is 5.12. The lowest BCUT2D eigenvalue weighted by molar-refractivity contribution is 0.624. The van der Waals surface area contributed by atoms with Crippen molar-refractivity contribution < 1.29 is 0 Å². The fourth-order valence-corrected chi connectivity index (χ4v) is 2.82. The van der Waals surface area contributed by atoms with Gasteiger partial charge in [0.25, 0.3) is 0 Å². The highest BCUT2D eigenvalue weighted by molar-refractivity contribution is 9.10. The topological polar surface area (TPSA) is 43.8 Å². The van der Waals surface area contributed by atoms with Crippen molar-refractivity contribution in [2.24, 2.45) is 0 Å². The predicted molar refractivity (Wildman–Crippen MR) is 87.7 cm³/mol. The molecule has 0 bridgehead atoms. The van der Waals surface area contributed by atoms with Gasteiger partial charge in [-0.3, -0.25) is 0 Å². The average molecular weight is 330 g/mol. The number of fused-ring (bicyclic) bond motifs is 1. The quantitative estimate of drug-likeness (QED) is 0.696. The van der Waals surface area contributed by atoms with Crippen LogP contribution in [0, 0.1) is 0 Å². The van der Waals surface area contributed by atoms with Gasteiger partial charge in [-0.2, -0.15) is 0 Å². The van der Waals surface area contributed by atoms with Crippen molar-refractivity contribution in [1.82, 2.24) is 9.55 Å². The summed E-state index contributed by atoms with van der Waals surface area (Å²) in [5.74, 6) is 0.974. The maximum absolute atomic E-state index is 5.87. The Balaban J connectivity index is 2.29. The van der Waals surface area contributed by atoms with E-state index < -0.39 is 0 Å². The van der Waals surface area contributed by atoms with Gasteiger partial charge in [-0.25, -0.2) is 4.98 Å². The molecule has 0 saturated carbocycles. The monoisotopic (exact) mass is 329 g/mol. The van der Waals surface area contributed by atoms with E-state index in [1.165, 1.54) is 0 Å². The van der Waals surface area contributed by atoms with Crippen LogP contribution in [0.2, 0.25) is 0 Å². The molecule has 0 amide bonds. The number of hydrogen-bond acceptors (Lipinski definition) is 2. The molecule has 1 aromatic heterocycles. The molecular weight excluding hydrogens is 314 g/mol. The zero-order valence-electron chi connectivity index (χ0n) is 11.5. The summed E-state index contributed by atoms with van der Waals surface area (Å²) in [6.07, 6.45) is 0. The molecule has 3 aromatic rings. The third-order valence-electron chi connectivity index (χ3n) is 3.37. The van der Waals surface area contributed by atoms with Crippen molar-refractivity contribution in [2.75, 3.05) is 5.73 Å². The van der Waals surface area contributed by atoms with Crippen molar-refractivity contribution >= 4 is 32.7 Å². The van der Waals surface area contributed by atoms with E-state index in [4.69, 9.17) is 10.7 Å². The van der Waals surface area contributed by atoms with E-state index in [0.29, 0.717) is 6.04 Å². The largest absolute Gasteiger partial charge is 0.398 e. The minimum Gasteiger partial charge on any atom is -0.398 e. The van der Waals surface area contributed by atoms with Crippen LogP contribution in [-0.4, -0.2) is 9.55 Å². The number of anilines is 1. The van der Waals surface area contributed by atoms with Crippen LogP contribution < -0.4 is 5.73 Å². The van der Waals surface area contributed by atoms with Gasteiger partial charge in [-0.05, 0) is 60.1 Å². The highest BCUT2D eigenvalue weighted by Gasteiger charge is 2.15. The Morgan fingerprint density at radius 1 is 1.15 bits per heavy atom. The molecule has 4 heteroatoms. The molecule has 102 valence electrons. The minimum absolute atomic E-state index is 0.341. The third kappa shape index (κ3) is 2.10. The van der Waals surface area contributed by atoms with Gasteiger partial charge in [-0.1, -0.05) is 12.1 Å². The molecule has 0 unspecified atom stereocenters. The number of aromatic nitrogens is 2. The number of hydrogen-bond donors (Lipinski definition) is 1.